The Kier molecular flexibility index (Phi) is 6.16. The van der Waals surface area contributed by atoms with E-state index in [9.17, 15) is 0 Å². The summed E-state index contributed by atoms with van der Waals surface area (Å²) in [7, 11) is -1.86. The Labute approximate surface area is 150 Å². The number of halogens is 3. The molecule has 22 heavy (non-hydrogen) atoms. The summed E-state index contributed by atoms with van der Waals surface area (Å²) in [5, 5.41) is 2.47. The molecule has 0 saturated carbocycles. The molecule has 0 bridgehead atoms. The largest absolute Gasteiger partial charge is 0.331 e. The van der Waals surface area contributed by atoms with Gasteiger partial charge in [0.2, 0.25) is 0 Å². The molecule has 0 aromatic heterocycles. The van der Waals surface area contributed by atoms with E-state index in [1.54, 1.807) is 0 Å². The zero-order chi connectivity index (χ0) is 16.2. The molecular formula is C16H17Cl3Si3. The molecule has 0 saturated heterocycles. The SMILES string of the molecule is CC(C)=C[Si]([Si]c1ccccc1)(c1ccccc1)[Si](Cl)(Cl)Cl. The highest BCUT2D eigenvalue weighted by atomic mass is 35.8. The van der Waals surface area contributed by atoms with Gasteiger partial charge >= 0.3 is 5.52 Å². The van der Waals surface area contributed by atoms with Gasteiger partial charge in [0, 0.05) is 0 Å². The summed E-state index contributed by atoms with van der Waals surface area (Å²) in [6, 6.07) is 20.7. The summed E-state index contributed by atoms with van der Waals surface area (Å²) in [6.07, 6.45) is 0. The number of hydrogen-bond acceptors (Lipinski definition) is 0. The second-order valence-corrected chi connectivity index (χ2v) is 28.6. The third-order valence-corrected chi connectivity index (χ3v) is 31.6. The van der Waals surface area contributed by atoms with Crippen molar-refractivity contribution in [1.29, 1.82) is 0 Å². The van der Waals surface area contributed by atoms with Crippen LogP contribution in [-0.2, 0) is 0 Å². The molecule has 2 aromatic rings. The summed E-state index contributed by atoms with van der Waals surface area (Å²) in [6.45, 7) is 4.18. The number of allylic oxidation sites excluding steroid dienone is 1. The zero-order valence-corrected chi connectivity index (χ0v) is 17.8. The minimum atomic E-state index is -2.93. The Balaban J connectivity index is 2.63. The summed E-state index contributed by atoms with van der Waals surface area (Å²) >= 11 is 20.0. The summed E-state index contributed by atoms with van der Waals surface area (Å²) in [5.41, 5.74) is 0.573. The number of hydrogen-bond donors (Lipinski definition) is 0. The van der Waals surface area contributed by atoms with Crippen molar-refractivity contribution in [1.82, 2.24) is 0 Å². The lowest BCUT2D eigenvalue weighted by atomic mass is 10.4. The quantitative estimate of drug-likeness (QED) is 0.524. The fourth-order valence-electron chi connectivity index (χ4n) is 2.39. The van der Waals surface area contributed by atoms with Gasteiger partial charge < -0.3 is 0 Å². The molecule has 0 fully saturated rings. The summed E-state index contributed by atoms with van der Waals surface area (Å²) < 4.78 is 0. The standard InChI is InChI=1S/C16H17Cl3Si3/c1-14(2)13-21(22(17,18)19,16-11-7-4-8-12-16)20-15-9-5-3-6-10-15/h3-13H,1-2H3. The lowest BCUT2D eigenvalue weighted by Crippen LogP contribution is -2.68. The van der Waals surface area contributed by atoms with Crippen molar-refractivity contribution in [3.8, 4) is 0 Å². The van der Waals surface area contributed by atoms with E-state index < -0.39 is 12.6 Å². The van der Waals surface area contributed by atoms with Crippen molar-refractivity contribution in [3.63, 3.8) is 0 Å². The van der Waals surface area contributed by atoms with Crippen molar-refractivity contribution in [2.24, 2.45) is 0 Å². The molecule has 0 aliphatic rings. The molecule has 1 atom stereocenters. The minimum absolute atomic E-state index is 0.516. The first-order chi connectivity index (χ1) is 10.3. The van der Waals surface area contributed by atoms with Gasteiger partial charge in [-0.15, -0.1) is 33.2 Å². The van der Waals surface area contributed by atoms with Gasteiger partial charge in [0.25, 0.3) is 0 Å². The lowest BCUT2D eigenvalue weighted by Gasteiger charge is -2.34. The molecule has 1 unspecified atom stereocenters. The van der Waals surface area contributed by atoms with Crippen molar-refractivity contribution in [2.75, 3.05) is 0 Å². The van der Waals surface area contributed by atoms with Gasteiger partial charge in [0.15, 0.2) is 0 Å². The van der Waals surface area contributed by atoms with E-state index in [0.717, 1.165) is 0 Å². The maximum atomic E-state index is 6.68. The van der Waals surface area contributed by atoms with Crippen LogP contribution in [0.4, 0.5) is 0 Å². The Morgan fingerprint density at radius 2 is 1.36 bits per heavy atom. The van der Waals surface area contributed by atoms with Gasteiger partial charge in [0.05, 0.1) is 9.04 Å². The second-order valence-electron chi connectivity index (χ2n) is 5.38. The number of rotatable bonds is 5. The van der Waals surface area contributed by atoms with Crippen molar-refractivity contribution >= 4 is 65.3 Å². The predicted octanol–water partition coefficient (Wildman–Crippen LogP) is 4.11. The normalized spacial score (nSPS) is 14.2. The van der Waals surface area contributed by atoms with Crippen LogP contribution < -0.4 is 10.4 Å². The molecule has 0 heterocycles. The Morgan fingerprint density at radius 3 is 1.82 bits per heavy atom. The molecule has 0 N–H and O–H groups in total. The molecule has 0 aliphatic heterocycles. The van der Waals surface area contributed by atoms with Gasteiger partial charge in [-0.2, -0.15) is 0 Å². The summed E-state index contributed by atoms with van der Waals surface area (Å²) in [4.78, 5) is 0. The highest BCUT2D eigenvalue weighted by molar-refractivity contribution is 7.99. The van der Waals surface area contributed by atoms with Gasteiger partial charge in [-0.25, -0.2) is 0 Å². The van der Waals surface area contributed by atoms with E-state index in [4.69, 9.17) is 33.2 Å². The molecule has 0 aliphatic carbocycles. The van der Waals surface area contributed by atoms with Crippen LogP contribution in [0.25, 0.3) is 0 Å². The third kappa shape index (κ3) is 4.16. The summed E-state index contributed by atoms with van der Waals surface area (Å²) in [5.74, 6) is 0. The third-order valence-electron chi connectivity index (χ3n) is 3.30. The monoisotopic (exact) mass is 398 g/mol. The van der Waals surface area contributed by atoms with Gasteiger partial charge in [0.1, 0.15) is 7.11 Å². The first-order valence-corrected chi connectivity index (χ1v) is 17.1. The zero-order valence-electron chi connectivity index (χ0n) is 12.5. The van der Waals surface area contributed by atoms with E-state index in [-0.39, 0.29) is 0 Å². The van der Waals surface area contributed by atoms with E-state index >= 15 is 0 Å². The Hall–Kier alpha value is -0.299. The molecular weight excluding hydrogens is 383 g/mol. The molecule has 2 rings (SSSR count). The van der Waals surface area contributed by atoms with Crippen LogP contribution in [0.2, 0.25) is 0 Å². The molecule has 2 radical (unpaired) electrons. The van der Waals surface area contributed by atoms with E-state index in [1.165, 1.54) is 15.9 Å². The van der Waals surface area contributed by atoms with Gasteiger partial charge in [-0.1, -0.05) is 82.3 Å². The van der Waals surface area contributed by atoms with E-state index in [2.05, 4.69) is 55.9 Å². The first-order valence-electron chi connectivity index (χ1n) is 6.97. The highest BCUT2D eigenvalue weighted by Gasteiger charge is 2.53. The maximum absolute atomic E-state index is 6.68. The Morgan fingerprint density at radius 1 is 0.864 bits per heavy atom. The number of benzene rings is 2. The molecule has 6 heteroatoms. The minimum Gasteiger partial charge on any atom is -0.129 e. The second kappa shape index (κ2) is 7.51. The Bertz CT molecular complexity index is 635. The van der Waals surface area contributed by atoms with Crippen molar-refractivity contribution < 1.29 is 0 Å². The fourth-order valence-corrected chi connectivity index (χ4v) is 23.8. The van der Waals surface area contributed by atoms with Crippen LogP contribution in [0.5, 0.6) is 0 Å². The average Bonchev–Trinajstić information content (AvgIpc) is 2.47. The van der Waals surface area contributed by atoms with Crippen LogP contribution in [0.3, 0.4) is 0 Å². The van der Waals surface area contributed by atoms with E-state index in [1.807, 2.05) is 24.3 Å². The van der Waals surface area contributed by atoms with Crippen LogP contribution in [0, 0.1) is 0 Å². The topological polar surface area (TPSA) is 0 Å². The highest BCUT2D eigenvalue weighted by Crippen LogP contribution is 2.32. The van der Waals surface area contributed by atoms with Crippen LogP contribution in [0.1, 0.15) is 13.8 Å². The average molecular weight is 400 g/mol. The lowest BCUT2D eigenvalue weighted by molar-refractivity contribution is 1.41. The fraction of sp³-hybridized carbons (Fsp3) is 0.125. The molecule has 0 spiro atoms. The van der Waals surface area contributed by atoms with Crippen LogP contribution >= 0.6 is 33.2 Å². The molecule has 2 aromatic carbocycles. The first kappa shape index (κ1) is 18.0. The molecule has 114 valence electrons. The molecule has 0 nitrogen and oxygen atoms in total. The molecule has 0 amide bonds. The van der Waals surface area contributed by atoms with Crippen molar-refractivity contribution in [2.45, 2.75) is 13.8 Å². The van der Waals surface area contributed by atoms with Crippen molar-refractivity contribution in [3.05, 3.63) is 71.9 Å². The van der Waals surface area contributed by atoms with Gasteiger partial charge in [-0.3, -0.25) is 0 Å². The van der Waals surface area contributed by atoms with Gasteiger partial charge in [-0.05, 0) is 13.8 Å². The smallest absolute Gasteiger partial charge is 0.129 e. The van der Waals surface area contributed by atoms with Crippen LogP contribution in [0.15, 0.2) is 71.9 Å². The predicted molar refractivity (Wildman–Crippen MR) is 106 cm³/mol. The van der Waals surface area contributed by atoms with E-state index in [0.29, 0.717) is 9.04 Å². The van der Waals surface area contributed by atoms with Crippen LogP contribution in [-0.4, -0.2) is 21.7 Å². The maximum Gasteiger partial charge on any atom is 0.331 e.